The Bertz CT molecular complexity index is 4280. The molecule has 0 radical (unpaired) electrons. The fourth-order valence-corrected chi connectivity index (χ4v) is 15.8. The van der Waals surface area contributed by atoms with Gasteiger partial charge in [-0.2, -0.15) is 0 Å². The molecule has 6 amide bonds. The van der Waals surface area contributed by atoms with Crippen molar-refractivity contribution < 1.29 is 62.8 Å². The lowest BCUT2D eigenvalue weighted by molar-refractivity contribution is -0.144. The molecule has 8 aromatic heterocycles. The van der Waals surface area contributed by atoms with E-state index in [0.717, 1.165) is 67.8 Å². The number of anilines is 2. The van der Waals surface area contributed by atoms with E-state index in [9.17, 15) is 53.7 Å². The van der Waals surface area contributed by atoms with Gasteiger partial charge in [-0.1, -0.05) is 44.2 Å². The molecule has 33 heteroatoms. The number of fused-ring (bicyclic) bond motifs is 14. The summed E-state index contributed by atoms with van der Waals surface area (Å²) in [6, 6.07) is 9.13. The molecule has 2 aliphatic rings. The van der Waals surface area contributed by atoms with Crippen molar-refractivity contribution in [2.24, 2.45) is 17.8 Å². The number of hydrogen-bond acceptors (Lipinski definition) is 25. The van der Waals surface area contributed by atoms with E-state index in [0.29, 0.717) is 63.0 Å². The molecule has 476 valence electrons. The predicted molar refractivity (Wildman–Crippen MR) is 341 cm³/mol. The summed E-state index contributed by atoms with van der Waals surface area (Å²) >= 11 is 6.86. The first kappa shape index (κ1) is 64.6. The molecule has 1 aromatic carbocycles. The van der Waals surface area contributed by atoms with Gasteiger partial charge in [0.2, 0.25) is 23.6 Å². The van der Waals surface area contributed by atoms with Gasteiger partial charge in [0.05, 0.1) is 54.3 Å². The SMILES string of the molecule is CNC(=O)C[C@@H]1NC(=O)c2csc(n2)-c2ccc(-c3nc(N(C(=O)C4CCC(C(=O)O)CC4)c4cnc(C(=O)O)o4)cs3)nc2-c2csc(n2)-c2csc(n2)[C@H]([C@@H](O)c2ccccc2)NC(=O)CNC(=O)c2nc(sc2COC)[C@H](C(C)C)NC(=O)c2nc1sc2C. The summed E-state index contributed by atoms with van der Waals surface area (Å²) < 4.78 is 11.0. The third kappa shape index (κ3) is 13.9. The summed E-state index contributed by atoms with van der Waals surface area (Å²) in [6.45, 7) is 4.86. The van der Waals surface area contributed by atoms with Gasteiger partial charge in [-0.25, -0.2) is 49.6 Å². The van der Waals surface area contributed by atoms with Crippen LogP contribution in [0, 0.1) is 24.7 Å². The van der Waals surface area contributed by atoms with E-state index in [2.05, 4.69) is 36.6 Å². The summed E-state index contributed by atoms with van der Waals surface area (Å²) in [7, 11) is 2.91. The molecule has 4 atom stereocenters. The summed E-state index contributed by atoms with van der Waals surface area (Å²) in [5.74, 6) is -8.34. The number of oxazole rings is 1. The number of carbonyl (C=O) groups excluding carboxylic acids is 6. The van der Waals surface area contributed by atoms with Gasteiger partial charge in [0.25, 0.3) is 17.7 Å². The molecule has 10 bridgehead atoms. The third-order valence-electron chi connectivity index (χ3n) is 15.0. The van der Waals surface area contributed by atoms with Crippen LogP contribution in [0.5, 0.6) is 0 Å². The van der Waals surface area contributed by atoms with E-state index in [4.69, 9.17) is 39.1 Å². The number of benzene rings is 1. The number of aromatic carboxylic acids is 1. The number of nitrogens with one attached hydrogen (secondary N) is 5. The van der Waals surface area contributed by atoms with Crippen molar-refractivity contribution in [3.05, 3.63) is 123 Å². The smallest absolute Gasteiger partial charge is 0.392 e. The lowest BCUT2D eigenvalue weighted by Gasteiger charge is -2.28. The molecule has 0 spiro atoms. The largest absolute Gasteiger partial charge is 0.481 e. The Kier molecular flexibility index (Phi) is 19.6. The van der Waals surface area contributed by atoms with E-state index < -0.39 is 95.9 Å². The number of carboxylic acids is 2. The minimum absolute atomic E-state index is 0.0196. The average molecular weight is 1360 g/mol. The number of methoxy groups -OCH3 is 1. The van der Waals surface area contributed by atoms with Gasteiger partial charge < -0.3 is 51.1 Å². The highest BCUT2D eigenvalue weighted by Crippen LogP contribution is 2.42. The Hall–Kier alpha value is -8.96. The molecule has 8 N–H and O–H groups in total. The fraction of sp³-hybridized carbons (Fsp3) is 0.322. The molecule has 0 saturated heterocycles. The van der Waals surface area contributed by atoms with Gasteiger partial charge in [0.1, 0.15) is 76.4 Å². The molecular weight excluding hydrogens is 1310 g/mol. The van der Waals surface area contributed by atoms with Crippen molar-refractivity contribution in [2.45, 2.75) is 83.7 Å². The first-order chi connectivity index (χ1) is 44.2. The van der Waals surface area contributed by atoms with Gasteiger partial charge in [-0.05, 0) is 56.2 Å². The van der Waals surface area contributed by atoms with Gasteiger partial charge >= 0.3 is 17.8 Å². The predicted octanol–water partition coefficient (Wildman–Crippen LogP) is 8.55. The average Bonchev–Trinajstić information content (AvgIpc) is 1.73. The van der Waals surface area contributed by atoms with Crippen LogP contribution in [0.1, 0.15) is 143 Å². The van der Waals surface area contributed by atoms with E-state index in [1.54, 1.807) is 65.5 Å². The first-order valence-corrected chi connectivity index (χ1v) is 33.6. The Morgan fingerprint density at radius 1 is 0.707 bits per heavy atom. The Balaban J connectivity index is 0.994. The number of carboxylic acid groups (broad SMARTS) is 2. The summed E-state index contributed by atoms with van der Waals surface area (Å²) in [5, 5.41) is 53.9. The molecule has 9 aromatic rings. The second kappa shape index (κ2) is 27.9. The van der Waals surface area contributed by atoms with Crippen LogP contribution < -0.4 is 31.5 Å². The first-order valence-electron chi connectivity index (χ1n) is 28.4. The van der Waals surface area contributed by atoms with Crippen LogP contribution in [0.25, 0.3) is 43.4 Å². The van der Waals surface area contributed by atoms with Gasteiger partial charge in [0.15, 0.2) is 5.82 Å². The van der Waals surface area contributed by atoms with Crippen molar-refractivity contribution in [2.75, 3.05) is 25.6 Å². The van der Waals surface area contributed by atoms with E-state index in [1.165, 1.54) is 30.9 Å². The molecule has 0 unspecified atom stereocenters. The normalized spacial score (nSPS) is 18.4. The summed E-state index contributed by atoms with van der Waals surface area (Å²) in [5.41, 5.74) is 2.12. The van der Waals surface area contributed by atoms with Crippen LogP contribution in [-0.2, 0) is 30.5 Å². The number of rotatable bonds is 13. The van der Waals surface area contributed by atoms with Crippen molar-refractivity contribution in [1.29, 1.82) is 0 Å². The third-order valence-corrected chi connectivity index (χ3v) is 20.7. The van der Waals surface area contributed by atoms with Crippen molar-refractivity contribution in [3.8, 4) is 43.4 Å². The number of thiazole rings is 6. The number of aryl methyl sites for hydroxylation is 1. The zero-order valence-corrected chi connectivity index (χ0v) is 54.2. The zero-order chi connectivity index (χ0) is 65.1. The fourth-order valence-electron chi connectivity index (χ4n) is 10.3. The molecule has 1 saturated carbocycles. The number of amides is 6. The van der Waals surface area contributed by atoms with E-state index in [-0.39, 0.29) is 84.1 Å². The van der Waals surface area contributed by atoms with Crippen LogP contribution in [-0.4, -0.2) is 123 Å². The summed E-state index contributed by atoms with van der Waals surface area (Å²) in [4.78, 5) is 148. The number of aliphatic hydroxyl groups excluding tert-OH is 1. The summed E-state index contributed by atoms with van der Waals surface area (Å²) in [6.07, 6.45) is 0.517. The Morgan fingerprint density at radius 3 is 2.12 bits per heavy atom. The van der Waals surface area contributed by atoms with Gasteiger partial charge in [0, 0.05) is 52.0 Å². The maximum absolute atomic E-state index is 14.4. The number of aliphatic hydroxyl groups is 1. The Morgan fingerprint density at radius 2 is 1.40 bits per heavy atom. The Labute approximate surface area is 546 Å². The second-order valence-electron chi connectivity index (χ2n) is 21.5. The maximum atomic E-state index is 14.4. The second-order valence-corrected chi connectivity index (χ2v) is 27.3. The number of ether oxygens (including phenoxy) is 1. The molecule has 1 aliphatic carbocycles. The van der Waals surface area contributed by atoms with E-state index in [1.807, 2.05) is 13.8 Å². The van der Waals surface area contributed by atoms with Crippen LogP contribution in [0.4, 0.5) is 11.7 Å². The molecule has 11 rings (SSSR count). The highest BCUT2D eigenvalue weighted by atomic mass is 32.1. The van der Waals surface area contributed by atoms with Crippen molar-refractivity contribution >= 4 is 127 Å². The molecule has 92 heavy (non-hydrogen) atoms. The standard InChI is InChI=1S/C59H56N14O13S6/c1-25(2)41-56-72-44(36(92-56)20-85-5)48(78)61-18-39(75)69-45(46(76)27-9-7-6-8-10-27)55-67-35(23-89-55)53-65-33(21-88-53)43-30(51-66-34(22-87-51)47(77)64-32(17-38(74)60-4)54-71-42(26(3)91-54)49(79)70-41)15-16-31(63-43)52-68-37(24-90-52)73(40-19-62-50(86-40)59(83)84)57(80)28-11-13-29(14-12-28)58(81)82/h6-10,15-16,19,21-25,28-29,32,41,45-46,76H,11-14,17-18,20H2,1-5H3,(H,60,74)(H,61,78)(H,64,77)(H,69,75)(H,70,79)(H,81,82)(H,83,84)/t28?,29?,32-,41-,45-,46-/m0/s1. The number of pyridine rings is 1. The number of nitrogens with zero attached hydrogens (tertiary/aromatic N) is 9. The van der Waals surface area contributed by atoms with Gasteiger partial charge in [-0.3, -0.25) is 33.6 Å². The van der Waals surface area contributed by atoms with Crippen LogP contribution >= 0.6 is 68.0 Å². The van der Waals surface area contributed by atoms with Crippen molar-refractivity contribution in [1.82, 2.24) is 66.5 Å². The number of hydrogen-bond donors (Lipinski definition) is 8. The minimum Gasteiger partial charge on any atom is -0.481 e. The topological polar surface area (TPSA) is 386 Å². The lowest BCUT2D eigenvalue weighted by Crippen LogP contribution is -2.40. The molecular formula is C59H56N14O13S6. The van der Waals surface area contributed by atoms with Crippen LogP contribution in [0.15, 0.2) is 74.6 Å². The van der Waals surface area contributed by atoms with Gasteiger partial charge in [-0.15, -0.1) is 68.0 Å². The highest BCUT2D eigenvalue weighted by Gasteiger charge is 2.37. The maximum Gasteiger partial charge on any atom is 0.392 e. The monoisotopic (exact) mass is 1360 g/mol. The van der Waals surface area contributed by atoms with Crippen molar-refractivity contribution in [3.63, 3.8) is 0 Å². The van der Waals surface area contributed by atoms with E-state index >= 15 is 0 Å². The molecule has 27 nitrogen and oxygen atoms in total. The van der Waals surface area contributed by atoms with Crippen LogP contribution in [0.2, 0.25) is 0 Å². The molecule has 1 aliphatic heterocycles. The minimum atomic E-state index is -1.47. The number of carbonyl (C=O) groups is 8. The number of aromatic nitrogens is 8. The molecule has 9 heterocycles. The number of aliphatic carboxylic acids is 1. The van der Waals surface area contributed by atoms with Crippen LogP contribution in [0.3, 0.4) is 0 Å². The lowest BCUT2D eigenvalue weighted by atomic mass is 9.81. The molecule has 1 fully saturated rings. The quantitative estimate of drug-likeness (QED) is 0.0535. The zero-order valence-electron chi connectivity index (χ0n) is 49.3. The highest BCUT2D eigenvalue weighted by molar-refractivity contribution is 7.15.